The lowest BCUT2D eigenvalue weighted by Crippen LogP contribution is -2.56. The zero-order valence-corrected chi connectivity index (χ0v) is 27.3. The second-order valence-electron chi connectivity index (χ2n) is 12.8. The van der Waals surface area contributed by atoms with Gasteiger partial charge in [-0.05, 0) is 62.4 Å². The number of allylic oxidation sites excluding steroid dienone is 1. The van der Waals surface area contributed by atoms with E-state index in [0.717, 1.165) is 0 Å². The first-order valence-electron chi connectivity index (χ1n) is 16.7. The highest BCUT2D eigenvalue weighted by Crippen LogP contribution is 2.56. The molecule has 4 heterocycles. The zero-order chi connectivity index (χ0) is 33.8. The molecule has 254 valence electrons. The molecular formula is C37H43N3O8. The van der Waals surface area contributed by atoms with Crippen LogP contribution in [0.4, 0.5) is 5.69 Å². The number of rotatable bonds is 8. The van der Waals surface area contributed by atoms with Crippen molar-refractivity contribution in [3.05, 3.63) is 84.5 Å². The molecule has 4 aliphatic heterocycles. The van der Waals surface area contributed by atoms with Crippen molar-refractivity contribution in [1.29, 1.82) is 0 Å². The molecule has 11 nitrogen and oxygen atoms in total. The summed E-state index contributed by atoms with van der Waals surface area (Å²) in [7, 11) is 1.57. The SMILES string of the molecule is COc1ccc(N2C/C=C\CCC(=O)N[C@@H](C)[C@H](c3ccccc3)OC(=O)[C@@H]3[C@H]4C(=O)N(CCCCCO)[C@H](C2=O)[C@]42C=C[C@H]3O2)cc1. The molecule has 5 bridgehead atoms. The Morgan fingerprint density at radius 3 is 2.48 bits per heavy atom. The molecule has 2 aromatic carbocycles. The van der Waals surface area contributed by atoms with Gasteiger partial charge in [0.25, 0.3) is 5.91 Å². The van der Waals surface area contributed by atoms with E-state index in [4.69, 9.17) is 14.2 Å². The molecule has 2 aromatic rings. The number of cyclic esters (lactones) is 1. The molecule has 48 heavy (non-hydrogen) atoms. The van der Waals surface area contributed by atoms with Crippen molar-refractivity contribution in [2.45, 2.75) is 68.9 Å². The Morgan fingerprint density at radius 1 is 0.979 bits per heavy atom. The van der Waals surface area contributed by atoms with E-state index in [1.165, 1.54) is 0 Å². The number of ether oxygens (including phenoxy) is 3. The van der Waals surface area contributed by atoms with Gasteiger partial charge in [-0.15, -0.1) is 0 Å². The largest absolute Gasteiger partial charge is 0.497 e. The van der Waals surface area contributed by atoms with Gasteiger partial charge in [0.05, 0.1) is 25.2 Å². The topological polar surface area (TPSA) is 135 Å². The molecule has 2 fully saturated rings. The molecular weight excluding hydrogens is 614 g/mol. The van der Waals surface area contributed by atoms with Gasteiger partial charge in [0.15, 0.2) is 0 Å². The summed E-state index contributed by atoms with van der Waals surface area (Å²) in [5.74, 6) is -2.84. The van der Waals surface area contributed by atoms with Crippen LogP contribution in [0, 0.1) is 11.8 Å². The smallest absolute Gasteiger partial charge is 0.313 e. The minimum absolute atomic E-state index is 0.0311. The number of anilines is 1. The summed E-state index contributed by atoms with van der Waals surface area (Å²) in [4.78, 5) is 59.7. The number of nitrogens with one attached hydrogen (secondary N) is 1. The number of carbonyl (C=O) groups is 4. The summed E-state index contributed by atoms with van der Waals surface area (Å²) < 4.78 is 18.1. The average Bonchev–Trinajstić information content (AvgIpc) is 3.74. The van der Waals surface area contributed by atoms with Crippen molar-refractivity contribution in [3.8, 4) is 5.75 Å². The molecule has 1 spiro atoms. The van der Waals surface area contributed by atoms with Crippen LogP contribution in [0.5, 0.6) is 5.75 Å². The van der Waals surface area contributed by atoms with Gasteiger partial charge in [-0.3, -0.25) is 19.2 Å². The van der Waals surface area contributed by atoms with Crippen LogP contribution < -0.4 is 15.0 Å². The van der Waals surface area contributed by atoms with Crippen LogP contribution in [0.2, 0.25) is 0 Å². The lowest BCUT2D eigenvalue weighted by Gasteiger charge is -2.36. The third-order valence-electron chi connectivity index (χ3n) is 9.79. The van der Waals surface area contributed by atoms with Crippen LogP contribution in [-0.4, -0.2) is 84.3 Å². The molecule has 7 atom stereocenters. The summed E-state index contributed by atoms with van der Waals surface area (Å²) in [5, 5.41) is 12.4. The Morgan fingerprint density at radius 2 is 1.75 bits per heavy atom. The number of hydrogen-bond acceptors (Lipinski definition) is 8. The minimum Gasteiger partial charge on any atom is -0.497 e. The highest BCUT2D eigenvalue weighted by Gasteiger charge is 2.73. The van der Waals surface area contributed by atoms with Crippen LogP contribution >= 0.6 is 0 Å². The third kappa shape index (κ3) is 6.24. The number of likely N-dealkylation sites (tertiary alicyclic amines) is 1. The predicted octanol–water partition coefficient (Wildman–Crippen LogP) is 3.48. The number of aliphatic hydroxyl groups excluding tert-OH is 1. The Kier molecular flexibility index (Phi) is 9.98. The number of hydrogen-bond donors (Lipinski definition) is 2. The van der Waals surface area contributed by atoms with Crippen LogP contribution in [0.15, 0.2) is 78.9 Å². The Bertz CT molecular complexity index is 1560. The molecule has 3 amide bonds. The van der Waals surface area contributed by atoms with Crippen LogP contribution in [-0.2, 0) is 28.7 Å². The summed E-state index contributed by atoms with van der Waals surface area (Å²) in [5.41, 5.74) is -0.0675. The molecule has 0 unspecified atom stereocenters. The number of carbonyl (C=O) groups excluding carboxylic acids is 4. The summed E-state index contributed by atoms with van der Waals surface area (Å²) in [6.45, 7) is 2.27. The van der Waals surface area contributed by atoms with Crippen molar-refractivity contribution in [1.82, 2.24) is 10.2 Å². The second-order valence-corrected chi connectivity index (χ2v) is 12.8. The second kappa shape index (κ2) is 14.3. The average molecular weight is 658 g/mol. The normalized spacial score (nSPS) is 31.1. The molecule has 2 N–H and O–H groups in total. The number of fused-ring (bicyclic) bond motifs is 2. The first-order chi connectivity index (χ1) is 23.3. The van der Waals surface area contributed by atoms with Gasteiger partial charge < -0.3 is 34.4 Å². The molecule has 0 saturated carbocycles. The molecule has 4 aliphatic rings. The Hall–Kier alpha value is -4.48. The Balaban J connectivity index is 1.42. The van der Waals surface area contributed by atoms with E-state index in [9.17, 15) is 24.3 Å². The third-order valence-corrected chi connectivity index (χ3v) is 9.79. The first kappa shape index (κ1) is 33.4. The van der Waals surface area contributed by atoms with E-state index >= 15 is 0 Å². The highest BCUT2D eigenvalue weighted by molar-refractivity contribution is 6.05. The van der Waals surface area contributed by atoms with Crippen molar-refractivity contribution >= 4 is 29.4 Å². The number of amides is 3. The Labute approximate surface area is 280 Å². The molecule has 0 aromatic heterocycles. The molecule has 6 rings (SSSR count). The van der Waals surface area contributed by atoms with Gasteiger partial charge in [-0.25, -0.2) is 0 Å². The van der Waals surface area contributed by atoms with Crippen molar-refractivity contribution in [3.63, 3.8) is 0 Å². The van der Waals surface area contributed by atoms with Gasteiger partial charge in [-0.2, -0.15) is 0 Å². The van der Waals surface area contributed by atoms with E-state index in [-0.39, 0.29) is 43.8 Å². The molecule has 0 aliphatic carbocycles. The van der Waals surface area contributed by atoms with Gasteiger partial charge in [0.1, 0.15) is 29.4 Å². The first-order valence-corrected chi connectivity index (χ1v) is 16.7. The van der Waals surface area contributed by atoms with Crippen molar-refractivity contribution < 1.29 is 38.5 Å². The van der Waals surface area contributed by atoms with Gasteiger partial charge in [0.2, 0.25) is 11.8 Å². The number of esters is 1. The maximum atomic E-state index is 14.9. The predicted molar refractivity (Wildman–Crippen MR) is 177 cm³/mol. The number of nitrogens with zero attached hydrogens (tertiary/aromatic N) is 2. The van der Waals surface area contributed by atoms with Crippen LogP contribution in [0.25, 0.3) is 0 Å². The zero-order valence-electron chi connectivity index (χ0n) is 27.3. The number of methoxy groups -OCH3 is 1. The van der Waals surface area contributed by atoms with Crippen LogP contribution in [0.3, 0.4) is 0 Å². The quantitative estimate of drug-likeness (QED) is 0.251. The number of benzene rings is 2. The minimum atomic E-state index is -1.37. The highest BCUT2D eigenvalue weighted by atomic mass is 16.6. The van der Waals surface area contributed by atoms with E-state index in [0.29, 0.717) is 42.7 Å². The maximum absolute atomic E-state index is 14.9. The van der Waals surface area contributed by atoms with Gasteiger partial charge >= 0.3 is 5.97 Å². The fourth-order valence-corrected chi connectivity index (χ4v) is 7.48. The summed E-state index contributed by atoms with van der Waals surface area (Å²) in [6.07, 6.45) is 8.12. The lowest BCUT2D eigenvalue weighted by molar-refractivity contribution is -0.161. The number of unbranched alkanes of at least 4 members (excludes halogenated alkanes) is 2. The van der Waals surface area contributed by atoms with Crippen LogP contribution in [0.1, 0.15) is 50.7 Å². The van der Waals surface area contributed by atoms with Crippen molar-refractivity contribution in [2.75, 3.05) is 31.7 Å². The summed E-state index contributed by atoms with van der Waals surface area (Å²) in [6, 6.07) is 14.7. The fourth-order valence-electron chi connectivity index (χ4n) is 7.48. The van der Waals surface area contributed by atoms with Crippen molar-refractivity contribution in [2.24, 2.45) is 11.8 Å². The monoisotopic (exact) mass is 657 g/mol. The molecule has 11 heteroatoms. The van der Waals surface area contributed by atoms with E-state index in [1.807, 2.05) is 42.5 Å². The maximum Gasteiger partial charge on any atom is 0.313 e. The van der Waals surface area contributed by atoms with E-state index < -0.39 is 47.7 Å². The van der Waals surface area contributed by atoms with Gasteiger partial charge in [-0.1, -0.05) is 54.6 Å². The lowest BCUT2D eigenvalue weighted by atomic mass is 9.74. The fraction of sp³-hybridized carbons (Fsp3) is 0.459. The molecule has 2 saturated heterocycles. The number of aliphatic hydroxyl groups is 1. The molecule has 0 radical (unpaired) electrons. The van der Waals surface area contributed by atoms with E-state index in [1.54, 1.807) is 60.3 Å². The summed E-state index contributed by atoms with van der Waals surface area (Å²) >= 11 is 0. The standard InChI is InChI=1S/C37H43N3O8/c1-24-32(25-12-6-3-7-13-25)47-36(45)30-28-19-20-37(48-28)31(30)34(43)40(22-10-5-11-23-41)33(37)35(44)39(21-9-4-8-14-29(42)38-24)26-15-17-27(46-2)18-16-26/h3-4,6-7,9,12-13,15-20,24,28,30-33,41H,5,8,10-11,14,21-23H2,1-2H3,(H,38,42)/b9-4-/t24-,28+,30-,31-,32+,33+,37-/m0/s1. The van der Waals surface area contributed by atoms with Gasteiger partial charge in [0, 0.05) is 31.8 Å². The van der Waals surface area contributed by atoms with E-state index in [2.05, 4.69) is 5.32 Å².